The van der Waals surface area contributed by atoms with Crippen LogP contribution in [-0.4, -0.2) is 54.8 Å². The molecular weight excluding hydrogens is 564 g/mol. The second kappa shape index (κ2) is 10.7. The van der Waals surface area contributed by atoms with Crippen molar-refractivity contribution in [2.24, 2.45) is 4.99 Å². The second-order valence-corrected chi connectivity index (χ2v) is 11.4. The van der Waals surface area contributed by atoms with Crippen LogP contribution < -0.4 is 0 Å². The number of benzene rings is 2. The number of pyridine rings is 1. The van der Waals surface area contributed by atoms with Crippen LogP contribution in [0.2, 0.25) is 0 Å². The Morgan fingerprint density at radius 1 is 0.682 bits per heavy atom. The van der Waals surface area contributed by atoms with E-state index in [1.807, 2.05) is 0 Å². The molecule has 2 aliphatic carbocycles. The van der Waals surface area contributed by atoms with Gasteiger partial charge in [0.05, 0.1) is 11.3 Å². The van der Waals surface area contributed by atoms with Gasteiger partial charge in [-0.15, -0.1) is 0 Å². The third-order valence-electron chi connectivity index (χ3n) is 8.06. The van der Waals surface area contributed by atoms with Crippen molar-refractivity contribution >= 4 is 35.0 Å². The molecule has 0 amide bonds. The van der Waals surface area contributed by atoms with E-state index in [9.17, 15) is 39.6 Å². The number of Topliss-reactive ketones (excluding diaryl/α,β-unsaturated/α-hetero) is 4. The van der Waals surface area contributed by atoms with E-state index in [1.54, 1.807) is 39.8 Å². The van der Waals surface area contributed by atoms with E-state index in [0.717, 1.165) is 12.3 Å². The molecule has 0 saturated carbocycles. The molecular formula is C34H30N2O8. The predicted molar refractivity (Wildman–Crippen MR) is 162 cm³/mol. The van der Waals surface area contributed by atoms with E-state index in [0.29, 0.717) is 5.69 Å². The first-order valence-electron chi connectivity index (χ1n) is 14.0. The SMILES string of the molecule is CC1=C(C2=C(C)C(=O)c3c(c(/C=N/c4ccncc4)c(O)c(O)c3C(C)C)C2=O)C(=O)c2cc(O)c(O)c(C(C)C)c2C1=O. The first-order valence-corrected chi connectivity index (χ1v) is 14.0. The molecule has 4 N–H and O–H groups in total. The highest BCUT2D eigenvalue weighted by molar-refractivity contribution is 6.38. The summed E-state index contributed by atoms with van der Waals surface area (Å²) in [6, 6.07) is 4.12. The Morgan fingerprint density at radius 3 is 1.77 bits per heavy atom. The third kappa shape index (κ3) is 4.33. The highest BCUT2D eigenvalue weighted by Gasteiger charge is 2.44. The molecule has 1 heterocycles. The van der Waals surface area contributed by atoms with Crippen LogP contribution in [0.3, 0.4) is 0 Å². The van der Waals surface area contributed by atoms with Crippen molar-refractivity contribution in [1.82, 2.24) is 4.98 Å². The molecule has 2 aliphatic rings. The van der Waals surface area contributed by atoms with Crippen LogP contribution in [-0.2, 0) is 0 Å². The fourth-order valence-electron chi connectivity index (χ4n) is 5.96. The molecule has 1 aromatic heterocycles. The molecule has 0 bridgehead atoms. The van der Waals surface area contributed by atoms with Crippen molar-refractivity contribution in [3.8, 4) is 23.0 Å². The normalized spacial score (nSPS) is 15.3. The number of rotatable bonds is 5. The van der Waals surface area contributed by atoms with Gasteiger partial charge in [-0.2, -0.15) is 0 Å². The Balaban J connectivity index is 1.80. The van der Waals surface area contributed by atoms with Crippen molar-refractivity contribution in [2.45, 2.75) is 53.4 Å². The van der Waals surface area contributed by atoms with Crippen molar-refractivity contribution in [3.63, 3.8) is 0 Å². The summed E-state index contributed by atoms with van der Waals surface area (Å²) in [5.41, 5.74) is -1.26. The first kappa shape index (κ1) is 30.1. The van der Waals surface area contributed by atoms with Gasteiger partial charge in [-0.25, -0.2) is 0 Å². The maximum absolute atomic E-state index is 14.5. The van der Waals surface area contributed by atoms with Gasteiger partial charge in [0.2, 0.25) is 0 Å². The van der Waals surface area contributed by atoms with Crippen molar-refractivity contribution in [1.29, 1.82) is 0 Å². The fourth-order valence-corrected chi connectivity index (χ4v) is 5.96. The number of fused-ring (bicyclic) bond motifs is 2. The molecule has 0 saturated heterocycles. The van der Waals surface area contributed by atoms with Crippen LogP contribution in [0.1, 0.15) is 112 Å². The van der Waals surface area contributed by atoms with Crippen LogP contribution in [0.25, 0.3) is 0 Å². The van der Waals surface area contributed by atoms with Gasteiger partial charge in [0, 0.05) is 74.3 Å². The van der Waals surface area contributed by atoms with Gasteiger partial charge >= 0.3 is 0 Å². The predicted octanol–water partition coefficient (Wildman–Crippen LogP) is 5.99. The summed E-state index contributed by atoms with van der Waals surface area (Å²) >= 11 is 0. The summed E-state index contributed by atoms with van der Waals surface area (Å²) < 4.78 is 0. The molecule has 0 unspecified atom stereocenters. The number of aliphatic imine (C=N–C) groups is 1. The van der Waals surface area contributed by atoms with Crippen molar-refractivity contribution < 1.29 is 39.6 Å². The van der Waals surface area contributed by atoms with Crippen LogP contribution in [0, 0.1) is 0 Å². The number of nitrogens with zero attached hydrogens (tertiary/aromatic N) is 2. The van der Waals surface area contributed by atoms with Crippen LogP contribution >= 0.6 is 0 Å². The van der Waals surface area contributed by atoms with Gasteiger partial charge in [-0.3, -0.25) is 29.2 Å². The molecule has 10 heteroatoms. The van der Waals surface area contributed by atoms with Gasteiger partial charge in [0.15, 0.2) is 46.1 Å². The Morgan fingerprint density at radius 2 is 1.20 bits per heavy atom. The summed E-state index contributed by atoms with van der Waals surface area (Å²) in [5.74, 6) is -6.23. The summed E-state index contributed by atoms with van der Waals surface area (Å²) in [4.78, 5) is 64.7. The maximum atomic E-state index is 14.5. The van der Waals surface area contributed by atoms with E-state index in [-0.39, 0.29) is 61.2 Å². The molecule has 0 fully saturated rings. The summed E-state index contributed by atoms with van der Waals surface area (Å²) in [6.45, 7) is 9.48. The molecule has 44 heavy (non-hydrogen) atoms. The number of hydrogen-bond donors (Lipinski definition) is 4. The molecule has 10 nitrogen and oxygen atoms in total. The van der Waals surface area contributed by atoms with Crippen LogP contribution in [0.5, 0.6) is 23.0 Å². The number of carbonyl (C=O) groups is 4. The molecule has 3 aromatic rings. The minimum Gasteiger partial charge on any atom is -0.504 e. The Bertz CT molecular complexity index is 1930. The second-order valence-electron chi connectivity index (χ2n) is 11.4. The average molecular weight is 595 g/mol. The minimum absolute atomic E-state index is 0.0550. The number of hydrogen-bond acceptors (Lipinski definition) is 10. The lowest BCUT2D eigenvalue weighted by Gasteiger charge is -2.29. The highest BCUT2D eigenvalue weighted by atomic mass is 16.3. The standard InChI is InChI=1S/C34H30N2O8/c1-13(2)21-25-18(11-20(37)32(21)42)30(40)23(15(5)28(25)38)24-16(6)29(39)27-22(14(3)4)34(44)31(41)19(26(27)33(24)43)12-36-17-7-9-35-10-8-17/h7-14,37,41-42,44H,1-6H3/b36-12+. The number of ketones is 4. The number of allylic oxidation sites excluding steroid dienone is 4. The number of aromatic hydroxyl groups is 4. The molecule has 2 aromatic carbocycles. The van der Waals surface area contributed by atoms with Crippen LogP contribution in [0.4, 0.5) is 5.69 Å². The zero-order valence-electron chi connectivity index (χ0n) is 24.9. The number of phenols is 4. The number of phenolic OH excluding ortho intramolecular Hbond substituents is 4. The van der Waals surface area contributed by atoms with E-state index in [2.05, 4.69) is 9.98 Å². The summed E-state index contributed by atoms with van der Waals surface area (Å²) in [7, 11) is 0. The number of aromatic nitrogens is 1. The first-order chi connectivity index (χ1) is 20.7. The monoisotopic (exact) mass is 594 g/mol. The van der Waals surface area contributed by atoms with Gasteiger partial charge < -0.3 is 20.4 Å². The van der Waals surface area contributed by atoms with Crippen molar-refractivity contribution in [2.75, 3.05) is 0 Å². The van der Waals surface area contributed by atoms with E-state index < -0.39 is 58.0 Å². The third-order valence-corrected chi connectivity index (χ3v) is 8.06. The van der Waals surface area contributed by atoms with Gasteiger partial charge in [-0.1, -0.05) is 27.7 Å². The molecule has 0 aliphatic heterocycles. The Labute approximate surface area is 252 Å². The minimum atomic E-state index is -0.823. The smallest absolute Gasteiger partial charge is 0.195 e. The van der Waals surface area contributed by atoms with E-state index in [4.69, 9.17) is 0 Å². The van der Waals surface area contributed by atoms with Crippen molar-refractivity contribution in [3.05, 3.63) is 91.8 Å². The lowest BCUT2D eigenvalue weighted by Crippen LogP contribution is -2.31. The molecule has 0 radical (unpaired) electrons. The summed E-state index contributed by atoms with van der Waals surface area (Å²) in [6.07, 6.45) is 4.12. The van der Waals surface area contributed by atoms with Gasteiger partial charge in [0.1, 0.15) is 0 Å². The van der Waals surface area contributed by atoms with Gasteiger partial charge in [-0.05, 0) is 43.9 Å². The molecule has 5 rings (SSSR count). The summed E-state index contributed by atoms with van der Waals surface area (Å²) in [5, 5.41) is 43.1. The lowest BCUT2D eigenvalue weighted by atomic mass is 9.71. The zero-order chi connectivity index (χ0) is 32.4. The average Bonchev–Trinajstić information content (AvgIpc) is 2.97. The Kier molecular flexibility index (Phi) is 7.33. The highest BCUT2D eigenvalue weighted by Crippen LogP contribution is 2.48. The molecule has 0 spiro atoms. The van der Waals surface area contributed by atoms with E-state index >= 15 is 0 Å². The zero-order valence-corrected chi connectivity index (χ0v) is 24.9. The Hall–Kier alpha value is -5.38. The van der Waals surface area contributed by atoms with Gasteiger partial charge in [0.25, 0.3) is 0 Å². The molecule has 224 valence electrons. The largest absolute Gasteiger partial charge is 0.504 e. The van der Waals surface area contributed by atoms with Crippen LogP contribution in [0.15, 0.2) is 57.9 Å². The van der Waals surface area contributed by atoms with E-state index in [1.165, 1.54) is 26.2 Å². The lowest BCUT2D eigenvalue weighted by molar-refractivity contribution is 0.0951. The quantitative estimate of drug-likeness (QED) is 0.204. The maximum Gasteiger partial charge on any atom is 0.195 e. The fraction of sp³-hybridized carbons (Fsp3) is 0.235. The topological polar surface area (TPSA) is 174 Å². The number of carbonyl (C=O) groups excluding carboxylic acids is 4. The molecule has 0 atom stereocenters.